The Morgan fingerprint density at radius 1 is 1.47 bits per heavy atom. The average molecular weight is 267 g/mol. The molecule has 90 valence electrons. The second-order valence-electron chi connectivity index (χ2n) is 4.29. The Kier molecular flexibility index (Phi) is 4.20. The highest BCUT2D eigenvalue weighted by atomic mass is 35.5. The standard InChI is InChI=1S/C13H15ClN2S/c1-17-10-6-5-9(7-10)16-13-4-2-3-12(14)11(13)8-15/h2-4,9-10,16H,5-7H2,1H3. The van der Waals surface area contributed by atoms with Gasteiger partial charge in [-0.25, -0.2) is 0 Å². The molecular formula is C13H15ClN2S. The van der Waals surface area contributed by atoms with Crippen LogP contribution in [0.25, 0.3) is 0 Å². The molecule has 17 heavy (non-hydrogen) atoms. The van der Waals surface area contributed by atoms with Gasteiger partial charge in [-0.3, -0.25) is 0 Å². The van der Waals surface area contributed by atoms with Gasteiger partial charge in [0, 0.05) is 11.3 Å². The molecule has 1 saturated carbocycles. The lowest BCUT2D eigenvalue weighted by Gasteiger charge is -2.15. The van der Waals surface area contributed by atoms with E-state index < -0.39 is 0 Å². The maximum absolute atomic E-state index is 9.09. The smallest absolute Gasteiger partial charge is 0.103 e. The van der Waals surface area contributed by atoms with Crippen molar-refractivity contribution >= 4 is 29.1 Å². The maximum Gasteiger partial charge on any atom is 0.103 e. The fraction of sp³-hybridized carbons (Fsp3) is 0.462. The molecule has 0 spiro atoms. The zero-order valence-corrected chi connectivity index (χ0v) is 11.3. The Labute approximate surface area is 111 Å². The van der Waals surface area contributed by atoms with E-state index in [1.54, 1.807) is 6.07 Å². The summed E-state index contributed by atoms with van der Waals surface area (Å²) in [5, 5.41) is 13.8. The summed E-state index contributed by atoms with van der Waals surface area (Å²) < 4.78 is 0. The van der Waals surface area contributed by atoms with Gasteiger partial charge in [-0.1, -0.05) is 17.7 Å². The first-order valence-electron chi connectivity index (χ1n) is 5.72. The van der Waals surface area contributed by atoms with Crippen LogP contribution in [0.3, 0.4) is 0 Å². The maximum atomic E-state index is 9.09. The van der Waals surface area contributed by atoms with Crippen LogP contribution in [0.5, 0.6) is 0 Å². The zero-order chi connectivity index (χ0) is 12.3. The van der Waals surface area contributed by atoms with Gasteiger partial charge < -0.3 is 5.32 Å². The number of nitriles is 1. The molecular weight excluding hydrogens is 252 g/mol. The highest BCUT2D eigenvalue weighted by Gasteiger charge is 2.24. The molecule has 4 heteroatoms. The Morgan fingerprint density at radius 2 is 2.29 bits per heavy atom. The Bertz CT molecular complexity index is 442. The van der Waals surface area contributed by atoms with E-state index in [0.717, 1.165) is 10.9 Å². The van der Waals surface area contributed by atoms with Crippen LogP contribution in [-0.4, -0.2) is 17.5 Å². The molecule has 2 rings (SSSR count). The van der Waals surface area contributed by atoms with Gasteiger partial charge in [0.25, 0.3) is 0 Å². The van der Waals surface area contributed by atoms with Crippen molar-refractivity contribution in [2.75, 3.05) is 11.6 Å². The monoisotopic (exact) mass is 266 g/mol. The second kappa shape index (κ2) is 5.66. The average Bonchev–Trinajstić information content (AvgIpc) is 2.77. The number of halogens is 1. The van der Waals surface area contributed by atoms with Gasteiger partial charge in [0.05, 0.1) is 16.3 Å². The molecule has 1 aromatic carbocycles. The highest BCUT2D eigenvalue weighted by Crippen LogP contribution is 2.32. The first-order valence-corrected chi connectivity index (χ1v) is 7.39. The molecule has 0 radical (unpaired) electrons. The lowest BCUT2D eigenvalue weighted by atomic mass is 10.1. The van der Waals surface area contributed by atoms with Crippen molar-refractivity contribution in [2.45, 2.75) is 30.6 Å². The third-order valence-electron chi connectivity index (χ3n) is 3.20. The van der Waals surface area contributed by atoms with Crippen LogP contribution in [0.2, 0.25) is 5.02 Å². The minimum Gasteiger partial charge on any atom is -0.381 e. The summed E-state index contributed by atoms with van der Waals surface area (Å²) in [5.41, 5.74) is 1.42. The van der Waals surface area contributed by atoms with Crippen LogP contribution < -0.4 is 5.32 Å². The molecule has 1 aliphatic carbocycles. The molecule has 1 aromatic rings. The number of thioether (sulfide) groups is 1. The molecule has 2 nitrogen and oxygen atoms in total. The van der Waals surface area contributed by atoms with Crippen LogP contribution in [0, 0.1) is 11.3 Å². The zero-order valence-electron chi connectivity index (χ0n) is 9.74. The van der Waals surface area contributed by atoms with Gasteiger partial charge >= 0.3 is 0 Å². The second-order valence-corrected chi connectivity index (χ2v) is 5.83. The fourth-order valence-corrected chi connectivity index (χ4v) is 3.28. The summed E-state index contributed by atoms with van der Waals surface area (Å²) in [7, 11) is 0. The van der Waals surface area contributed by atoms with Gasteiger partial charge in [0.15, 0.2) is 0 Å². The van der Waals surface area contributed by atoms with E-state index in [1.165, 1.54) is 19.3 Å². The summed E-state index contributed by atoms with van der Waals surface area (Å²) in [6, 6.07) is 8.20. The van der Waals surface area contributed by atoms with Crippen molar-refractivity contribution in [2.24, 2.45) is 0 Å². The third-order valence-corrected chi connectivity index (χ3v) is 4.61. The van der Waals surface area contributed by atoms with Gasteiger partial charge in [-0.15, -0.1) is 0 Å². The predicted octanol–water partition coefficient (Wildman–Crippen LogP) is 3.91. The molecule has 0 aliphatic heterocycles. The number of anilines is 1. The fourth-order valence-electron chi connectivity index (χ4n) is 2.26. The first-order chi connectivity index (χ1) is 8.24. The van der Waals surface area contributed by atoms with Gasteiger partial charge in [0.2, 0.25) is 0 Å². The normalized spacial score (nSPS) is 23.4. The van der Waals surface area contributed by atoms with E-state index >= 15 is 0 Å². The molecule has 0 aromatic heterocycles. The van der Waals surface area contributed by atoms with E-state index in [9.17, 15) is 0 Å². The highest BCUT2D eigenvalue weighted by molar-refractivity contribution is 7.99. The lowest BCUT2D eigenvalue weighted by molar-refractivity contribution is 0.757. The first kappa shape index (κ1) is 12.6. The molecule has 2 atom stereocenters. The van der Waals surface area contributed by atoms with E-state index in [1.807, 2.05) is 23.9 Å². The summed E-state index contributed by atoms with van der Waals surface area (Å²) in [5.74, 6) is 0. The van der Waals surface area contributed by atoms with Crippen LogP contribution >= 0.6 is 23.4 Å². The summed E-state index contributed by atoms with van der Waals surface area (Å²) in [6.45, 7) is 0. The van der Waals surface area contributed by atoms with Crippen LogP contribution in [0.1, 0.15) is 24.8 Å². The van der Waals surface area contributed by atoms with Crippen LogP contribution in [-0.2, 0) is 0 Å². The topological polar surface area (TPSA) is 35.8 Å². The van der Waals surface area contributed by atoms with Crippen molar-refractivity contribution in [1.82, 2.24) is 0 Å². The Hall–Kier alpha value is -0.850. The summed E-state index contributed by atoms with van der Waals surface area (Å²) in [6.07, 6.45) is 5.75. The predicted molar refractivity (Wildman–Crippen MR) is 74.7 cm³/mol. The quantitative estimate of drug-likeness (QED) is 0.901. The molecule has 0 saturated heterocycles. The molecule has 0 bridgehead atoms. The van der Waals surface area contributed by atoms with E-state index in [0.29, 0.717) is 16.6 Å². The van der Waals surface area contributed by atoms with E-state index in [-0.39, 0.29) is 0 Å². The number of nitrogens with one attached hydrogen (secondary N) is 1. The summed E-state index contributed by atoms with van der Waals surface area (Å²) >= 11 is 7.93. The Balaban J connectivity index is 2.10. The van der Waals surface area contributed by atoms with Crippen LogP contribution in [0.15, 0.2) is 18.2 Å². The molecule has 0 amide bonds. The molecule has 0 heterocycles. The molecule has 1 fully saturated rings. The minimum absolute atomic E-state index is 0.470. The van der Waals surface area contributed by atoms with Gasteiger partial charge in [-0.05, 0) is 37.7 Å². The van der Waals surface area contributed by atoms with E-state index in [4.69, 9.17) is 16.9 Å². The lowest BCUT2D eigenvalue weighted by Crippen LogP contribution is -2.16. The van der Waals surface area contributed by atoms with Crippen LogP contribution in [0.4, 0.5) is 5.69 Å². The molecule has 1 N–H and O–H groups in total. The van der Waals surface area contributed by atoms with Crippen molar-refractivity contribution in [1.29, 1.82) is 5.26 Å². The van der Waals surface area contributed by atoms with Gasteiger partial charge in [-0.2, -0.15) is 17.0 Å². The van der Waals surface area contributed by atoms with E-state index in [2.05, 4.69) is 17.6 Å². The van der Waals surface area contributed by atoms with Crippen molar-refractivity contribution in [3.63, 3.8) is 0 Å². The number of nitrogens with zero attached hydrogens (tertiary/aromatic N) is 1. The third kappa shape index (κ3) is 2.88. The van der Waals surface area contributed by atoms with Crippen molar-refractivity contribution in [3.05, 3.63) is 28.8 Å². The minimum atomic E-state index is 0.470. The van der Waals surface area contributed by atoms with Crippen molar-refractivity contribution in [3.8, 4) is 6.07 Å². The molecule has 1 aliphatic rings. The summed E-state index contributed by atoms with van der Waals surface area (Å²) in [4.78, 5) is 0. The SMILES string of the molecule is CSC1CCC(Nc2cccc(Cl)c2C#N)C1. The van der Waals surface area contributed by atoms with Gasteiger partial charge in [0.1, 0.15) is 6.07 Å². The number of hydrogen-bond acceptors (Lipinski definition) is 3. The molecule has 2 unspecified atom stereocenters. The largest absolute Gasteiger partial charge is 0.381 e. The number of rotatable bonds is 3. The Morgan fingerprint density at radius 3 is 2.94 bits per heavy atom. The number of benzene rings is 1. The van der Waals surface area contributed by atoms with Crippen molar-refractivity contribution < 1.29 is 0 Å². The number of hydrogen-bond donors (Lipinski definition) is 1.